The Hall–Kier alpha value is -1.80. The van der Waals surface area contributed by atoms with Gasteiger partial charge in [0.25, 0.3) is 0 Å². The molecule has 1 unspecified atom stereocenters. The molecule has 0 saturated heterocycles. The van der Waals surface area contributed by atoms with Crippen LogP contribution in [0.2, 0.25) is 0 Å². The number of aliphatic imine (C=N–C) groups is 1. The van der Waals surface area contributed by atoms with E-state index in [9.17, 15) is 5.11 Å². The van der Waals surface area contributed by atoms with E-state index in [1.54, 1.807) is 6.07 Å². The number of halogens is 1. The maximum absolute atomic E-state index is 10.0. The van der Waals surface area contributed by atoms with Crippen LogP contribution in [0.4, 0.5) is 0 Å². The van der Waals surface area contributed by atoms with E-state index in [0.717, 1.165) is 5.56 Å². The van der Waals surface area contributed by atoms with Crippen molar-refractivity contribution >= 4 is 29.9 Å². The molecule has 0 bridgehead atoms. The molecule has 0 aliphatic rings. The summed E-state index contributed by atoms with van der Waals surface area (Å²) in [4.78, 5) is 3.81. The van der Waals surface area contributed by atoms with Crippen LogP contribution in [-0.4, -0.2) is 17.6 Å². The maximum Gasteiger partial charge on any atom is 0.186 e. The first-order valence-corrected chi connectivity index (χ1v) is 6.65. The van der Waals surface area contributed by atoms with E-state index in [1.807, 2.05) is 48.5 Å². The number of ether oxygens (including phenoxy) is 1. The molecule has 6 heteroatoms. The summed E-state index contributed by atoms with van der Waals surface area (Å²) >= 11 is 0. The molecule has 0 aromatic heterocycles. The van der Waals surface area contributed by atoms with Gasteiger partial charge >= 0.3 is 0 Å². The minimum Gasteiger partial charge on any atom is -0.489 e. The Morgan fingerprint density at radius 1 is 1.09 bits per heavy atom. The number of aliphatic hydroxyl groups excluding tert-OH is 1. The summed E-state index contributed by atoms with van der Waals surface area (Å²) in [5, 5.41) is 10.0. The number of hydrogen-bond donors (Lipinski definition) is 3. The Morgan fingerprint density at radius 2 is 1.82 bits per heavy atom. The van der Waals surface area contributed by atoms with Crippen molar-refractivity contribution in [2.45, 2.75) is 12.7 Å². The van der Waals surface area contributed by atoms with Crippen LogP contribution in [0.15, 0.2) is 59.6 Å². The highest BCUT2D eigenvalue weighted by Gasteiger charge is 2.08. The van der Waals surface area contributed by atoms with Crippen LogP contribution in [0.1, 0.15) is 17.2 Å². The Bertz CT molecular complexity index is 601. The Morgan fingerprint density at radius 3 is 2.50 bits per heavy atom. The van der Waals surface area contributed by atoms with Gasteiger partial charge in [0.15, 0.2) is 5.96 Å². The van der Waals surface area contributed by atoms with Crippen molar-refractivity contribution < 1.29 is 9.84 Å². The summed E-state index contributed by atoms with van der Waals surface area (Å²) in [5.41, 5.74) is 12.3. The molecular weight excluding hydrogens is 393 g/mol. The predicted molar refractivity (Wildman–Crippen MR) is 98.3 cm³/mol. The Balaban J connectivity index is 0.00000242. The van der Waals surface area contributed by atoms with Crippen LogP contribution in [0.3, 0.4) is 0 Å². The lowest BCUT2D eigenvalue weighted by Crippen LogP contribution is -2.23. The second kappa shape index (κ2) is 9.26. The lowest BCUT2D eigenvalue weighted by molar-refractivity contribution is 0.186. The monoisotopic (exact) mass is 413 g/mol. The average Bonchev–Trinajstić information content (AvgIpc) is 2.52. The number of guanidine groups is 1. The van der Waals surface area contributed by atoms with E-state index >= 15 is 0 Å². The van der Waals surface area contributed by atoms with Gasteiger partial charge in [0.05, 0.1) is 12.6 Å². The van der Waals surface area contributed by atoms with Crippen LogP contribution in [0.25, 0.3) is 0 Å². The third-order valence-electron chi connectivity index (χ3n) is 2.94. The highest BCUT2D eigenvalue weighted by atomic mass is 127. The van der Waals surface area contributed by atoms with Crippen molar-refractivity contribution in [1.82, 2.24) is 0 Å². The van der Waals surface area contributed by atoms with Gasteiger partial charge in [-0.3, -0.25) is 4.99 Å². The largest absolute Gasteiger partial charge is 0.489 e. The fourth-order valence-corrected chi connectivity index (χ4v) is 1.85. The minimum atomic E-state index is -0.757. The van der Waals surface area contributed by atoms with E-state index in [4.69, 9.17) is 16.2 Å². The van der Waals surface area contributed by atoms with Gasteiger partial charge in [0, 0.05) is 0 Å². The maximum atomic E-state index is 10.0. The standard InChI is InChI=1S/C16H19N3O2.HI/c17-16(18)19-10-15(20)13-7-4-8-14(9-13)21-11-12-5-2-1-3-6-12;/h1-9,15,20H,10-11H2,(H4,17,18,19);1H. The molecule has 0 spiro atoms. The summed E-state index contributed by atoms with van der Waals surface area (Å²) in [7, 11) is 0. The van der Waals surface area contributed by atoms with Crippen LogP contribution >= 0.6 is 24.0 Å². The fraction of sp³-hybridized carbons (Fsp3) is 0.188. The SMILES string of the molecule is I.NC(N)=NCC(O)c1cccc(OCc2ccccc2)c1. The van der Waals surface area contributed by atoms with Crippen molar-refractivity contribution in [3.8, 4) is 5.75 Å². The van der Waals surface area contributed by atoms with Gasteiger partial charge in [0.1, 0.15) is 12.4 Å². The summed E-state index contributed by atoms with van der Waals surface area (Å²) in [6.45, 7) is 0.610. The normalized spacial score (nSPS) is 11.1. The average molecular weight is 413 g/mol. The molecule has 0 aliphatic carbocycles. The van der Waals surface area contributed by atoms with Gasteiger partial charge in [-0.1, -0.05) is 42.5 Å². The molecule has 5 nitrogen and oxygen atoms in total. The fourth-order valence-electron chi connectivity index (χ4n) is 1.85. The van der Waals surface area contributed by atoms with Gasteiger partial charge in [-0.25, -0.2) is 0 Å². The Labute approximate surface area is 147 Å². The molecule has 0 amide bonds. The number of aliphatic hydroxyl groups is 1. The van der Waals surface area contributed by atoms with E-state index in [0.29, 0.717) is 17.9 Å². The van der Waals surface area contributed by atoms with Crippen LogP contribution < -0.4 is 16.2 Å². The van der Waals surface area contributed by atoms with Gasteiger partial charge in [-0.15, -0.1) is 24.0 Å². The molecule has 0 saturated carbocycles. The van der Waals surface area contributed by atoms with E-state index < -0.39 is 6.10 Å². The molecule has 2 aromatic carbocycles. The molecule has 22 heavy (non-hydrogen) atoms. The first kappa shape index (κ1) is 18.2. The predicted octanol–water partition coefficient (Wildman–Crippen LogP) is 2.19. The number of nitrogens with two attached hydrogens (primary N) is 2. The number of nitrogens with zero attached hydrogens (tertiary/aromatic N) is 1. The molecule has 0 radical (unpaired) electrons. The van der Waals surface area contributed by atoms with Gasteiger partial charge in [-0.05, 0) is 23.3 Å². The molecule has 2 aromatic rings. The minimum absolute atomic E-state index is 0. The van der Waals surface area contributed by atoms with E-state index in [1.165, 1.54) is 0 Å². The molecule has 5 N–H and O–H groups in total. The molecule has 118 valence electrons. The van der Waals surface area contributed by atoms with Crippen LogP contribution in [0.5, 0.6) is 5.75 Å². The zero-order chi connectivity index (χ0) is 15.1. The van der Waals surface area contributed by atoms with Gasteiger partial charge < -0.3 is 21.3 Å². The van der Waals surface area contributed by atoms with Crippen molar-refractivity contribution in [3.05, 3.63) is 65.7 Å². The first-order chi connectivity index (χ1) is 10.1. The number of hydrogen-bond acceptors (Lipinski definition) is 3. The number of rotatable bonds is 6. The van der Waals surface area contributed by atoms with Crippen LogP contribution in [-0.2, 0) is 6.61 Å². The van der Waals surface area contributed by atoms with Crippen molar-refractivity contribution in [2.24, 2.45) is 16.5 Å². The summed E-state index contributed by atoms with van der Waals surface area (Å²) < 4.78 is 5.71. The third kappa shape index (κ3) is 5.90. The smallest absolute Gasteiger partial charge is 0.186 e. The highest BCUT2D eigenvalue weighted by Crippen LogP contribution is 2.20. The van der Waals surface area contributed by atoms with Crippen molar-refractivity contribution in [3.63, 3.8) is 0 Å². The van der Waals surface area contributed by atoms with Crippen molar-refractivity contribution in [2.75, 3.05) is 6.54 Å². The second-order valence-electron chi connectivity index (χ2n) is 4.63. The lowest BCUT2D eigenvalue weighted by atomic mass is 10.1. The molecule has 1 atom stereocenters. The second-order valence-corrected chi connectivity index (χ2v) is 4.63. The first-order valence-electron chi connectivity index (χ1n) is 6.65. The van der Waals surface area contributed by atoms with Crippen LogP contribution in [0, 0.1) is 0 Å². The highest BCUT2D eigenvalue weighted by molar-refractivity contribution is 14.0. The van der Waals surface area contributed by atoms with Crippen molar-refractivity contribution in [1.29, 1.82) is 0 Å². The number of benzene rings is 2. The molecule has 2 rings (SSSR count). The molecular formula is C16H20IN3O2. The van der Waals surface area contributed by atoms with E-state index in [2.05, 4.69) is 4.99 Å². The lowest BCUT2D eigenvalue weighted by Gasteiger charge is -2.11. The third-order valence-corrected chi connectivity index (χ3v) is 2.94. The quantitative estimate of drug-likeness (QED) is 0.385. The zero-order valence-corrected chi connectivity index (χ0v) is 14.4. The summed E-state index contributed by atoms with van der Waals surface area (Å²) in [5.74, 6) is 0.658. The topological polar surface area (TPSA) is 93.9 Å². The molecule has 0 aliphatic heterocycles. The molecule has 0 fully saturated rings. The van der Waals surface area contributed by atoms with E-state index in [-0.39, 0.29) is 36.5 Å². The summed E-state index contributed by atoms with van der Waals surface area (Å²) in [6.07, 6.45) is -0.757. The zero-order valence-electron chi connectivity index (χ0n) is 12.1. The summed E-state index contributed by atoms with van der Waals surface area (Å²) in [6, 6.07) is 17.2. The van der Waals surface area contributed by atoms with Gasteiger partial charge in [0.2, 0.25) is 0 Å². The van der Waals surface area contributed by atoms with Gasteiger partial charge in [-0.2, -0.15) is 0 Å². The molecule has 0 heterocycles. The Kier molecular flexibility index (Phi) is 7.69.